The zero-order valence-electron chi connectivity index (χ0n) is 22.6. The van der Waals surface area contributed by atoms with Gasteiger partial charge in [0.2, 0.25) is 5.91 Å². The Bertz CT molecular complexity index is 1470. The summed E-state index contributed by atoms with van der Waals surface area (Å²) in [4.78, 5) is 30.4. The lowest BCUT2D eigenvalue weighted by Gasteiger charge is -2.24. The number of hydrogen-bond acceptors (Lipinski definition) is 7. The van der Waals surface area contributed by atoms with Crippen LogP contribution in [0.5, 0.6) is 11.5 Å². The standard InChI is InChI=1S/C28H30Cl2N4O6S.ClH/c1-39-23-7-5-22(6-8-23)34(40-26-11-4-21(29)16-25(26)30)41(37,38)24-9-2-20(3-10-24)28(36)33-18-27(35)32-17-19-12-14-31-15-13-19;/h2-11,16,19,31H,12-15,17-18H2,1H3,(H,32,35)(H,33,36);1H. The molecule has 0 unspecified atom stereocenters. The number of rotatable bonds is 11. The Balaban J connectivity index is 0.00000484. The van der Waals surface area contributed by atoms with E-state index in [0.29, 0.717) is 23.2 Å². The number of benzene rings is 3. The zero-order chi connectivity index (χ0) is 29.4. The monoisotopic (exact) mass is 656 g/mol. The number of piperidine rings is 1. The molecule has 1 aliphatic heterocycles. The van der Waals surface area contributed by atoms with E-state index in [2.05, 4.69) is 16.0 Å². The van der Waals surface area contributed by atoms with Crippen molar-refractivity contribution in [2.24, 2.45) is 5.92 Å². The summed E-state index contributed by atoms with van der Waals surface area (Å²) in [6, 6.07) is 15.9. The summed E-state index contributed by atoms with van der Waals surface area (Å²) >= 11 is 12.2. The molecular formula is C28H31Cl3N4O6S. The van der Waals surface area contributed by atoms with Gasteiger partial charge in [-0.3, -0.25) is 9.59 Å². The molecule has 0 aromatic heterocycles. The van der Waals surface area contributed by atoms with E-state index in [4.69, 9.17) is 32.8 Å². The van der Waals surface area contributed by atoms with Gasteiger partial charge in [0.05, 0.1) is 29.3 Å². The first kappa shape index (κ1) is 33.3. The molecule has 1 saturated heterocycles. The van der Waals surface area contributed by atoms with Crippen LogP contribution in [0.15, 0.2) is 71.6 Å². The number of nitrogens with one attached hydrogen (secondary N) is 3. The van der Waals surface area contributed by atoms with Crippen LogP contribution in [0.25, 0.3) is 0 Å². The van der Waals surface area contributed by atoms with Crippen molar-refractivity contribution in [3.8, 4) is 11.5 Å². The average molecular weight is 658 g/mol. The molecule has 4 rings (SSSR count). The van der Waals surface area contributed by atoms with Crippen LogP contribution in [-0.2, 0) is 14.8 Å². The van der Waals surface area contributed by atoms with E-state index in [1.807, 2.05) is 0 Å². The number of hydrogen-bond donors (Lipinski definition) is 3. The second-order valence-electron chi connectivity index (χ2n) is 9.30. The Morgan fingerprint density at radius 3 is 2.26 bits per heavy atom. The molecule has 0 atom stereocenters. The van der Waals surface area contributed by atoms with Crippen molar-refractivity contribution in [2.45, 2.75) is 17.7 Å². The number of sulfonamides is 1. The van der Waals surface area contributed by atoms with Gasteiger partial charge in [0.25, 0.3) is 15.9 Å². The van der Waals surface area contributed by atoms with Crippen molar-refractivity contribution in [3.63, 3.8) is 0 Å². The highest BCUT2D eigenvalue weighted by atomic mass is 35.5. The molecule has 10 nitrogen and oxygen atoms in total. The number of nitrogens with zero attached hydrogens (tertiary/aromatic N) is 1. The summed E-state index contributed by atoms with van der Waals surface area (Å²) < 4.78 is 33.3. The van der Waals surface area contributed by atoms with Crippen molar-refractivity contribution in [1.82, 2.24) is 16.0 Å². The van der Waals surface area contributed by atoms with Crippen LogP contribution in [0.4, 0.5) is 5.69 Å². The lowest BCUT2D eigenvalue weighted by atomic mass is 9.98. The van der Waals surface area contributed by atoms with Gasteiger partial charge in [-0.2, -0.15) is 8.42 Å². The van der Waals surface area contributed by atoms with Crippen LogP contribution in [0.2, 0.25) is 10.0 Å². The second kappa shape index (κ2) is 15.3. The molecule has 0 bridgehead atoms. The highest BCUT2D eigenvalue weighted by Gasteiger charge is 2.29. The number of ether oxygens (including phenoxy) is 1. The minimum absolute atomic E-state index is 0. The molecule has 0 spiro atoms. The first-order chi connectivity index (χ1) is 19.7. The number of carbonyl (C=O) groups is 2. The lowest BCUT2D eigenvalue weighted by molar-refractivity contribution is -0.120. The van der Waals surface area contributed by atoms with Crippen LogP contribution in [0, 0.1) is 5.92 Å². The molecule has 3 aromatic rings. The predicted octanol–water partition coefficient (Wildman–Crippen LogP) is 4.46. The number of anilines is 1. The maximum atomic E-state index is 13.7. The minimum atomic E-state index is -4.31. The highest BCUT2D eigenvalue weighted by molar-refractivity contribution is 7.92. The van der Waals surface area contributed by atoms with Gasteiger partial charge in [-0.25, -0.2) is 0 Å². The highest BCUT2D eigenvalue weighted by Crippen LogP contribution is 2.33. The Morgan fingerprint density at radius 1 is 0.976 bits per heavy atom. The molecule has 3 aromatic carbocycles. The van der Waals surface area contributed by atoms with E-state index in [1.54, 1.807) is 12.1 Å². The molecule has 0 saturated carbocycles. The first-order valence-corrected chi connectivity index (χ1v) is 15.0. The van der Waals surface area contributed by atoms with Crippen molar-refractivity contribution in [3.05, 3.63) is 82.3 Å². The summed E-state index contributed by atoms with van der Waals surface area (Å²) in [6.45, 7) is 2.24. The maximum Gasteiger partial charge on any atom is 0.295 e. The summed E-state index contributed by atoms with van der Waals surface area (Å²) in [5.74, 6) is 0.199. The van der Waals surface area contributed by atoms with Gasteiger partial charge in [0, 0.05) is 17.1 Å². The Hall–Kier alpha value is -3.22. The Labute approximate surface area is 261 Å². The molecule has 1 heterocycles. The van der Waals surface area contributed by atoms with E-state index < -0.39 is 15.9 Å². The SMILES string of the molecule is COc1ccc(N(Oc2ccc(Cl)cc2Cl)S(=O)(=O)c2ccc(C(=O)NCC(=O)NCC3CCNCC3)cc2)cc1.Cl. The predicted molar refractivity (Wildman–Crippen MR) is 164 cm³/mol. The van der Waals surface area contributed by atoms with E-state index in [-0.39, 0.29) is 51.8 Å². The summed E-state index contributed by atoms with van der Waals surface area (Å²) in [7, 11) is -2.81. The van der Waals surface area contributed by atoms with Crippen molar-refractivity contribution >= 4 is 63.1 Å². The van der Waals surface area contributed by atoms with Crippen molar-refractivity contribution < 1.29 is 27.6 Å². The van der Waals surface area contributed by atoms with E-state index >= 15 is 0 Å². The lowest BCUT2D eigenvalue weighted by Crippen LogP contribution is -2.40. The third-order valence-corrected chi connectivity index (χ3v) is 8.57. The fourth-order valence-electron chi connectivity index (χ4n) is 4.13. The van der Waals surface area contributed by atoms with Gasteiger partial charge in [-0.1, -0.05) is 27.7 Å². The van der Waals surface area contributed by atoms with E-state index in [1.165, 1.54) is 61.7 Å². The molecule has 0 aliphatic carbocycles. The summed E-state index contributed by atoms with van der Waals surface area (Å²) in [5.41, 5.74) is 0.363. The van der Waals surface area contributed by atoms with E-state index in [0.717, 1.165) is 30.4 Å². The van der Waals surface area contributed by atoms with Crippen LogP contribution in [0.3, 0.4) is 0 Å². The summed E-state index contributed by atoms with van der Waals surface area (Å²) in [6.07, 6.45) is 1.99. The molecule has 2 amide bonds. The second-order valence-corrected chi connectivity index (χ2v) is 11.9. The van der Waals surface area contributed by atoms with Gasteiger partial charge in [-0.05, 0) is 98.6 Å². The molecule has 3 N–H and O–H groups in total. The van der Waals surface area contributed by atoms with Crippen LogP contribution < -0.4 is 30.0 Å². The molecule has 0 radical (unpaired) electrons. The van der Waals surface area contributed by atoms with E-state index in [9.17, 15) is 18.0 Å². The maximum absolute atomic E-state index is 13.7. The average Bonchev–Trinajstić information content (AvgIpc) is 2.99. The van der Waals surface area contributed by atoms with Gasteiger partial charge in [0.15, 0.2) is 5.75 Å². The topological polar surface area (TPSA) is 126 Å². The normalized spacial score (nSPS) is 13.4. The Morgan fingerprint density at radius 2 is 1.64 bits per heavy atom. The Kier molecular flexibility index (Phi) is 12.1. The third kappa shape index (κ3) is 8.65. The number of carbonyl (C=O) groups excluding carboxylic acids is 2. The molecule has 1 fully saturated rings. The zero-order valence-corrected chi connectivity index (χ0v) is 25.8. The number of amides is 2. The smallest absolute Gasteiger partial charge is 0.295 e. The molecule has 1 aliphatic rings. The molecule has 14 heteroatoms. The van der Waals surface area contributed by atoms with Gasteiger partial charge >= 0.3 is 0 Å². The number of methoxy groups -OCH3 is 1. The molecule has 42 heavy (non-hydrogen) atoms. The largest absolute Gasteiger partial charge is 0.497 e. The number of halogens is 3. The fraction of sp³-hybridized carbons (Fsp3) is 0.286. The third-order valence-electron chi connectivity index (χ3n) is 6.45. The molecule has 226 valence electrons. The van der Waals surface area contributed by atoms with Crippen LogP contribution >= 0.6 is 35.6 Å². The van der Waals surface area contributed by atoms with Gasteiger partial charge < -0.3 is 25.5 Å². The van der Waals surface area contributed by atoms with Crippen molar-refractivity contribution in [2.75, 3.05) is 37.8 Å². The van der Waals surface area contributed by atoms with Crippen molar-refractivity contribution in [1.29, 1.82) is 0 Å². The minimum Gasteiger partial charge on any atom is -0.497 e. The first-order valence-electron chi connectivity index (χ1n) is 12.9. The molecular weight excluding hydrogens is 627 g/mol. The van der Waals surface area contributed by atoms with Gasteiger partial charge in [0.1, 0.15) is 5.75 Å². The summed E-state index contributed by atoms with van der Waals surface area (Å²) in [5, 5.41) is 9.15. The quantitative estimate of drug-likeness (QED) is 0.260. The fourth-order valence-corrected chi connectivity index (χ4v) is 5.82. The van der Waals surface area contributed by atoms with Crippen LogP contribution in [-0.4, -0.2) is 53.5 Å². The van der Waals surface area contributed by atoms with Crippen LogP contribution in [0.1, 0.15) is 23.2 Å². The van der Waals surface area contributed by atoms with Gasteiger partial charge in [-0.15, -0.1) is 12.4 Å².